The van der Waals surface area contributed by atoms with Crippen LogP contribution in [0.5, 0.6) is 0 Å². The molecule has 3 nitrogen and oxygen atoms in total. The van der Waals surface area contributed by atoms with Gasteiger partial charge in [0, 0.05) is 11.6 Å². The molecule has 0 saturated heterocycles. The van der Waals surface area contributed by atoms with Crippen LogP contribution in [-0.2, 0) is 0 Å². The number of aromatic nitrogens is 2. The molecule has 0 amide bonds. The number of fused-ring (bicyclic) bond motifs is 2. The van der Waals surface area contributed by atoms with Crippen LogP contribution in [0, 0.1) is 6.92 Å². The van der Waals surface area contributed by atoms with Gasteiger partial charge in [0.15, 0.2) is 0 Å². The van der Waals surface area contributed by atoms with E-state index in [1.54, 1.807) is 0 Å². The summed E-state index contributed by atoms with van der Waals surface area (Å²) in [4.78, 5) is 9.10. The van der Waals surface area contributed by atoms with Gasteiger partial charge in [-0.2, -0.15) is 0 Å². The average Bonchev–Trinajstić information content (AvgIpc) is 2.88. The van der Waals surface area contributed by atoms with E-state index in [1.807, 2.05) is 42.5 Å². The maximum atomic E-state index is 5.83. The highest BCUT2D eigenvalue weighted by atomic mass is 16.3. The molecule has 0 saturated carbocycles. The number of nitrogens with zero attached hydrogens (tertiary/aromatic N) is 2. The Balaban J connectivity index is 1.93. The van der Waals surface area contributed by atoms with Gasteiger partial charge in [-0.3, -0.25) is 0 Å². The Hall–Kier alpha value is -2.68. The predicted molar refractivity (Wildman–Crippen MR) is 79.5 cm³/mol. The summed E-state index contributed by atoms with van der Waals surface area (Å²) in [5, 5.41) is 0. The van der Waals surface area contributed by atoms with E-state index >= 15 is 0 Å². The highest BCUT2D eigenvalue weighted by Crippen LogP contribution is 2.27. The summed E-state index contributed by atoms with van der Waals surface area (Å²) in [6, 6.07) is 18.0. The average molecular weight is 260 g/mol. The molecule has 96 valence electrons. The van der Waals surface area contributed by atoms with Crippen LogP contribution in [0.3, 0.4) is 0 Å². The Bertz CT molecular complexity index is 855. The van der Waals surface area contributed by atoms with Crippen molar-refractivity contribution in [1.82, 2.24) is 9.97 Å². The first-order valence-electron chi connectivity index (χ1n) is 6.53. The van der Waals surface area contributed by atoms with Crippen LogP contribution in [0.25, 0.3) is 33.6 Å². The molecule has 20 heavy (non-hydrogen) atoms. The lowest BCUT2D eigenvalue weighted by atomic mass is 10.1. The Morgan fingerprint density at radius 3 is 2.25 bits per heavy atom. The summed E-state index contributed by atoms with van der Waals surface area (Å²) in [7, 11) is 0. The Morgan fingerprint density at radius 1 is 0.800 bits per heavy atom. The zero-order valence-corrected chi connectivity index (χ0v) is 11.0. The van der Waals surface area contributed by atoms with E-state index in [0.717, 1.165) is 27.9 Å². The van der Waals surface area contributed by atoms with E-state index in [9.17, 15) is 0 Å². The molecule has 0 unspecified atom stereocenters. The summed E-state index contributed by atoms with van der Waals surface area (Å²) in [5.74, 6) is 0.801. The monoisotopic (exact) mass is 260 g/mol. The van der Waals surface area contributed by atoms with Gasteiger partial charge in [-0.25, -0.2) is 9.97 Å². The van der Waals surface area contributed by atoms with Crippen molar-refractivity contribution in [3.63, 3.8) is 0 Å². The van der Waals surface area contributed by atoms with E-state index in [2.05, 4.69) is 29.0 Å². The summed E-state index contributed by atoms with van der Waals surface area (Å²) < 4.78 is 5.83. The van der Waals surface area contributed by atoms with Crippen molar-refractivity contribution in [2.45, 2.75) is 6.92 Å². The van der Waals surface area contributed by atoms with Gasteiger partial charge in [0.25, 0.3) is 0 Å². The molecule has 2 heterocycles. The SMILES string of the molecule is Cc1ccc(-c2cc3nc4ccccc4nc3o2)cc1. The lowest BCUT2D eigenvalue weighted by molar-refractivity contribution is 0.619. The summed E-state index contributed by atoms with van der Waals surface area (Å²) in [6.07, 6.45) is 0. The second-order valence-corrected chi connectivity index (χ2v) is 4.88. The fourth-order valence-corrected chi connectivity index (χ4v) is 2.28. The van der Waals surface area contributed by atoms with Gasteiger partial charge in [0.2, 0.25) is 5.71 Å². The van der Waals surface area contributed by atoms with Gasteiger partial charge in [-0.05, 0) is 19.1 Å². The van der Waals surface area contributed by atoms with Crippen LogP contribution >= 0.6 is 0 Å². The molecule has 4 aromatic rings. The van der Waals surface area contributed by atoms with Crippen LogP contribution in [0.4, 0.5) is 0 Å². The maximum absolute atomic E-state index is 5.83. The van der Waals surface area contributed by atoms with Crippen LogP contribution in [0.2, 0.25) is 0 Å². The molecule has 0 aliphatic carbocycles. The zero-order valence-electron chi connectivity index (χ0n) is 11.0. The minimum absolute atomic E-state index is 0.583. The lowest BCUT2D eigenvalue weighted by Crippen LogP contribution is -1.82. The van der Waals surface area contributed by atoms with Crippen LogP contribution in [-0.4, -0.2) is 9.97 Å². The first-order chi connectivity index (χ1) is 9.79. The first-order valence-corrected chi connectivity index (χ1v) is 6.53. The van der Waals surface area contributed by atoms with Gasteiger partial charge in [-0.15, -0.1) is 0 Å². The van der Waals surface area contributed by atoms with Crippen molar-refractivity contribution in [3.8, 4) is 11.3 Å². The minimum Gasteiger partial charge on any atom is -0.436 e. The molecule has 3 heteroatoms. The second kappa shape index (κ2) is 4.17. The Labute approximate surface area is 115 Å². The van der Waals surface area contributed by atoms with E-state index in [4.69, 9.17) is 4.42 Å². The Morgan fingerprint density at radius 2 is 1.50 bits per heavy atom. The highest BCUT2D eigenvalue weighted by Gasteiger charge is 2.09. The topological polar surface area (TPSA) is 38.9 Å². The number of benzene rings is 2. The largest absolute Gasteiger partial charge is 0.436 e. The molecular formula is C17H12N2O. The standard InChI is InChI=1S/C17H12N2O/c1-11-6-8-12(9-7-11)16-10-15-17(20-16)19-14-5-3-2-4-13(14)18-15/h2-10H,1H3. The van der Waals surface area contributed by atoms with E-state index < -0.39 is 0 Å². The lowest BCUT2D eigenvalue weighted by Gasteiger charge is -1.96. The van der Waals surface area contributed by atoms with Crippen LogP contribution in [0.1, 0.15) is 5.56 Å². The molecular weight excluding hydrogens is 248 g/mol. The van der Waals surface area contributed by atoms with Gasteiger partial charge < -0.3 is 4.42 Å². The quantitative estimate of drug-likeness (QED) is 0.510. The van der Waals surface area contributed by atoms with Crippen molar-refractivity contribution in [1.29, 1.82) is 0 Å². The fraction of sp³-hybridized carbons (Fsp3) is 0.0588. The molecule has 0 bridgehead atoms. The summed E-state index contributed by atoms with van der Waals surface area (Å²) in [5.41, 5.74) is 5.38. The van der Waals surface area contributed by atoms with Gasteiger partial charge >= 0.3 is 0 Å². The predicted octanol–water partition coefficient (Wildman–Crippen LogP) is 4.35. The van der Waals surface area contributed by atoms with E-state index in [1.165, 1.54) is 5.56 Å². The van der Waals surface area contributed by atoms with E-state index in [0.29, 0.717) is 5.71 Å². The van der Waals surface area contributed by atoms with Gasteiger partial charge in [0.1, 0.15) is 11.3 Å². The van der Waals surface area contributed by atoms with Crippen LogP contribution in [0.15, 0.2) is 59.0 Å². The molecule has 0 aliphatic rings. The molecule has 0 radical (unpaired) electrons. The number of hydrogen-bond donors (Lipinski definition) is 0. The Kier molecular flexibility index (Phi) is 2.33. The second-order valence-electron chi connectivity index (χ2n) is 4.88. The molecule has 0 atom stereocenters. The van der Waals surface area contributed by atoms with Gasteiger partial charge in [-0.1, -0.05) is 42.0 Å². The number of hydrogen-bond acceptors (Lipinski definition) is 3. The first kappa shape index (κ1) is 11.2. The number of aryl methyl sites for hydroxylation is 1. The molecule has 2 aromatic heterocycles. The molecule has 4 rings (SSSR count). The van der Waals surface area contributed by atoms with Gasteiger partial charge in [0.05, 0.1) is 11.0 Å². The smallest absolute Gasteiger partial charge is 0.246 e. The van der Waals surface area contributed by atoms with Crippen molar-refractivity contribution in [3.05, 3.63) is 60.2 Å². The molecule has 0 N–H and O–H groups in total. The van der Waals surface area contributed by atoms with Crippen molar-refractivity contribution in [2.24, 2.45) is 0 Å². The zero-order chi connectivity index (χ0) is 13.5. The van der Waals surface area contributed by atoms with Crippen molar-refractivity contribution >= 4 is 22.3 Å². The van der Waals surface area contributed by atoms with Crippen molar-refractivity contribution < 1.29 is 4.42 Å². The third kappa shape index (κ3) is 1.75. The van der Waals surface area contributed by atoms with E-state index in [-0.39, 0.29) is 0 Å². The minimum atomic E-state index is 0.583. The number of furan rings is 1. The third-order valence-electron chi connectivity index (χ3n) is 3.37. The number of rotatable bonds is 1. The number of para-hydroxylation sites is 2. The van der Waals surface area contributed by atoms with Crippen LogP contribution < -0.4 is 0 Å². The molecule has 0 aliphatic heterocycles. The highest BCUT2D eigenvalue weighted by molar-refractivity contribution is 5.85. The normalized spacial score (nSPS) is 11.2. The fourth-order valence-electron chi connectivity index (χ4n) is 2.28. The molecule has 0 spiro atoms. The van der Waals surface area contributed by atoms with Crippen molar-refractivity contribution in [2.75, 3.05) is 0 Å². The third-order valence-corrected chi connectivity index (χ3v) is 3.37. The molecule has 0 fully saturated rings. The maximum Gasteiger partial charge on any atom is 0.246 e. The summed E-state index contributed by atoms with van der Waals surface area (Å²) in [6.45, 7) is 2.07. The summed E-state index contributed by atoms with van der Waals surface area (Å²) >= 11 is 0. The molecule has 2 aromatic carbocycles.